The van der Waals surface area contributed by atoms with Crippen LogP contribution in [0.4, 0.5) is 13.2 Å². The van der Waals surface area contributed by atoms with Crippen molar-refractivity contribution in [3.05, 3.63) is 57.6 Å². The second-order valence-corrected chi connectivity index (χ2v) is 7.61. The van der Waals surface area contributed by atoms with Crippen LogP contribution in [0.15, 0.2) is 40.9 Å². The third-order valence-corrected chi connectivity index (χ3v) is 5.42. The molecular formula is C19H17BrF3NO2. The molecule has 3 nitrogen and oxygen atoms in total. The molecule has 2 aromatic rings. The molecule has 2 aliphatic rings. The first-order chi connectivity index (χ1) is 12.3. The van der Waals surface area contributed by atoms with E-state index >= 15 is 0 Å². The van der Waals surface area contributed by atoms with E-state index < -0.39 is 18.8 Å². The Hall–Kier alpha value is -1.73. The van der Waals surface area contributed by atoms with Crippen molar-refractivity contribution >= 4 is 15.9 Å². The molecule has 2 heterocycles. The van der Waals surface area contributed by atoms with E-state index in [2.05, 4.69) is 15.9 Å². The Bertz CT molecular complexity index is 823. The number of halogens is 4. The molecule has 0 unspecified atom stereocenters. The number of ether oxygens (including phenoxy) is 2. The van der Waals surface area contributed by atoms with Gasteiger partial charge in [0, 0.05) is 10.5 Å². The summed E-state index contributed by atoms with van der Waals surface area (Å²) in [5.74, 6) is 1.25. The van der Waals surface area contributed by atoms with Gasteiger partial charge < -0.3 is 9.47 Å². The largest absolute Gasteiger partial charge is 0.454 e. The lowest BCUT2D eigenvalue weighted by atomic mass is 9.84. The van der Waals surface area contributed by atoms with Gasteiger partial charge in [-0.3, -0.25) is 4.90 Å². The molecule has 0 saturated heterocycles. The Morgan fingerprint density at radius 1 is 1.12 bits per heavy atom. The average Bonchev–Trinajstić information content (AvgIpc) is 3.01. The third-order valence-electron chi connectivity index (χ3n) is 4.89. The van der Waals surface area contributed by atoms with E-state index in [9.17, 15) is 13.2 Å². The third kappa shape index (κ3) is 3.30. The van der Waals surface area contributed by atoms with Crippen molar-refractivity contribution in [2.75, 3.05) is 13.3 Å². The number of alkyl halides is 3. The zero-order valence-corrected chi connectivity index (χ0v) is 15.6. The SMILES string of the molecule is C[C@@H]1Cc2cc3c(cc2[C@@H](c2ccc(Br)cc2)N1CC(F)(F)F)OCO3. The maximum Gasteiger partial charge on any atom is 0.401 e. The van der Waals surface area contributed by atoms with Crippen molar-refractivity contribution in [2.24, 2.45) is 0 Å². The first-order valence-corrected chi connectivity index (χ1v) is 9.11. The average molecular weight is 428 g/mol. The molecule has 0 amide bonds. The van der Waals surface area contributed by atoms with Gasteiger partial charge in [0.05, 0.1) is 12.6 Å². The Morgan fingerprint density at radius 3 is 2.42 bits per heavy atom. The first-order valence-electron chi connectivity index (χ1n) is 8.32. The second-order valence-electron chi connectivity index (χ2n) is 6.70. The van der Waals surface area contributed by atoms with Gasteiger partial charge in [0.15, 0.2) is 11.5 Å². The highest BCUT2D eigenvalue weighted by molar-refractivity contribution is 9.10. The van der Waals surface area contributed by atoms with Crippen molar-refractivity contribution in [1.29, 1.82) is 0 Å². The zero-order valence-electron chi connectivity index (χ0n) is 14.0. The fourth-order valence-electron chi connectivity index (χ4n) is 3.77. The molecule has 0 N–H and O–H groups in total. The second kappa shape index (κ2) is 6.46. The smallest absolute Gasteiger partial charge is 0.401 e. The molecular weight excluding hydrogens is 411 g/mol. The Morgan fingerprint density at radius 2 is 1.77 bits per heavy atom. The van der Waals surface area contributed by atoms with Crippen molar-refractivity contribution in [2.45, 2.75) is 31.6 Å². The lowest BCUT2D eigenvalue weighted by molar-refractivity contribution is -0.155. The molecule has 0 radical (unpaired) electrons. The lowest BCUT2D eigenvalue weighted by Crippen LogP contribution is -2.47. The van der Waals surface area contributed by atoms with E-state index in [1.807, 2.05) is 43.3 Å². The molecule has 0 aliphatic carbocycles. The Kier molecular flexibility index (Phi) is 4.39. The Labute approximate surface area is 157 Å². The lowest BCUT2D eigenvalue weighted by Gasteiger charge is -2.42. The topological polar surface area (TPSA) is 21.7 Å². The van der Waals surface area contributed by atoms with E-state index in [-0.39, 0.29) is 12.8 Å². The normalized spacial score (nSPS) is 22.3. The monoisotopic (exact) mass is 427 g/mol. The summed E-state index contributed by atoms with van der Waals surface area (Å²) in [7, 11) is 0. The fourth-order valence-corrected chi connectivity index (χ4v) is 4.03. The summed E-state index contributed by atoms with van der Waals surface area (Å²) in [6.07, 6.45) is -3.73. The van der Waals surface area contributed by atoms with Crippen LogP contribution in [0, 0.1) is 0 Å². The number of fused-ring (bicyclic) bond motifs is 2. The van der Waals surface area contributed by atoms with Crippen LogP contribution in [0.25, 0.3) is 0 Å². The molecule has 0 spiro atoms. The molecule has 0 fully saturated rings. The zero-order chi connectivity index (χ0) is 18.5. The molecule has 26 heavy (non-hydrogen) atoms. The van der Waals surface area contributed by atoms with Crippen LogP contribution < -0.4 is 9.47 Å². The van der Waals surface area contributed by atoms with Crippen LogP contribution in [0.2, 0.25) is 0 Å². The van der Waals surface area contributed by atoms with Gasteiger partial charge in [0.1, 0.15) is 0 Å². The van der Waals surface area contributed by atoms with Crippen LogP contribution in [0.1, 0.15) is 29.7 Å². The van der Waals surface area contributed by atoms with E-state index in [0.717, 1.165) is 21.2 Å². The maximum absolute atomic E-state index is 13.3. The van der Waals surface area contributed by atoms with Crippen LogP contribution in [0.5, 0.6) is 11.5 Å². The van der Waals surface area contributed by atoms with Gasteiger partial charge in [-0.15, -0.1) is 0 Å². The van der Waals surface area contributed by atoms with Gasteiger partial charge >= 0.3 is 6.18 Å². The summed E-state index contributed by atoms with van der Waals surface area (Å²) in [6.45, 7) is 1.02. The summed E-state index contributed by atoms with van der Waals surface area (Å²) < 4.78 is 51.6. The van der Waals surface area contributed by atoms with Gasteiger partial charge in [-0.25, -0.2) is 0 Å². The highest BCUT2D eigenvalue weighted by Crippen LogP contribution is 2.45. The van der Waals surface area contributed by atoms with E-state index in [1.54, 1.807) is 0 Å². The maximum atomic E-state index is 13.3. The van der Waals surface area contributed by atoms with Gasteiger partial charge in [-0.05, 0) is 54.3 Å². The van der Waals surface area contributed by atoms with Crippen LogP contribution in [-0.2, 0) is 6.42 Å². The molecule has 2 atom stereocenters. The van der Waals surface area contributed by atoms with Gasteiger partial charge in [0.2, 0.25) is 6.79 Å². The van der Waals surface area contributed by atoms with Gasteiger partial charge in [0.25, 0.3) is 0 Å². The first kappa shape index (κ1) is 17.7. The van der Waals surface area contributed by atoms with Crippen molar-refractivity contribution < 1.29 is 22.6 Å². The van der Waals surface area contributed by atoms with Crippen LogP contribution in [-0.4, -0.2) is 30.5 Å². The quantitative estimate of drug-likeness (QED) is 0.667. The van der Waals surface area contributed by atoms with Gasteiger partial charge in [-0.2, -0.15) is 13.2 Å². The number of benzene rings is 2. The predicted octanol–water partition coefficient (Wildman–Crippen LogP) is 5.08. The molecule has 4 rings (SSSR count). The molecule has 7 heteroatoms. The van der Waals surface area contributed by atoms with Crippen molar-refractivity contribution in [3.63, 3.8) is 0 Å². The number of hydrogen-bond donors (Lipinski definition) is 0. The molecule has 138 valence electrons. The minimum atomic E-state index is -4.27. The van der Waals surface area contributed by atoms with E-state index in [4.69, 9.17) is 9.47 Å². The van der Waals surface area contributed by atoms with E-state index in [0.29, 0.717) is 17.9 Å². The summed E-state index contributed by atoms with van der Waals surface area (Å²) in [5.41, 5.74) is 2.68. The van der Waals surface area contributed by atoms with Crippen LogP contribution >= 0.6 is 15.9 Å². The summed E-state index contributed by atoms with van der Waals surface area (Å²) >= 11 is 3.39. The Balaban J connectivity index is 1.84. The summed E-state index contributed by atoms with van der Waals surface area (Å²) in [5, 5.41) is 0. The highest BCUT2D eigenvalue weighted by Gasteiger charge is 2.41. The van der Waals surface area contributed by atoms with Crippen LogP contribution in [0.3, 0.4) is 0 Å². The summed E-state index contributed by atoms with van der Waals surface area (Å²) in [4.78, 5) is 1.52. The molecule has 2 aromatic carbocycles. The molecule has 0 aromatic heterocycles. The van der Waals surface area contributed by atoms with Gasteiger partial charge in [-0.1, -0.05) is 28.1 Å². The van der Waals surface area contributed by atoms with Crippen molar-refractivity contribution in [3.8, 4) is 11.5 Å². The number of hydrogen-bond acceptors (Lipinski definition) is 3. The molecule has 0 saturated carbocycles. The summed E-state index contributed by atoms with van der Waals surface area (Å²) in [6, 6.07) is 10.4. The standard InChI is InChI=1S/C19H17BrF3NO2/c1-11-6-13-7-16-17(26-10-25-16)8-15(13)18(24(11)9-19(21,22)23)12-2-4-14(20)5-3-12/h2-5,7-8,11,18H,6,9-10H2,1H3/t11-,18-/m1/s1. The minimum Gasteiger partial charge on any atom is -0.454 e. The number of nitrogens with zero attached hydrogens (tertiary/aromatic N) is 1. The molecule has 0 bridgehead atoms. The minimum absolute atomic E-state index is 0.142. The van der Waals surface area contributed by atoms with E-state index in [1.165, 1.54) is 4.90 Å². The molecule has 2 aliphatic heterocycles. The fraction of sp³-hybridized carbons (Fsp3) is 0.368. The highest BCUT2D eigenvalue weighted by atomic mass is 79.9. The predicted molar refractivity (Wildman–Crippen MR) is 94.5 cm³/mol. The number of rotatable bonds is 2. The van der Waals surface area contributed by atoms with Crippen molar-refractivity contribution in [1.82, 2.24) is 4.90 Å².